The number of guanidine groups is 1. The fourth-order valence-electron chi connectivity index (χ4n) is 3.56. The molecule has 1 atom stereocenters. The molecular formula is C23H31F2IN4O. The van der Waals surface area contributed by atoms with E-state index >= 15 is 0 Å². The first-order valence-electron chi connectivity index (χ1n) is 10.5. The van der Waals surface area contributed by atoms with Crippen LogP contribution in [0.25, 0.3) is 0 Å². The number of rotatable bonds is 7. The highest BCUT2D eigenvalue weighted by Gasteiger charge is 2.20. The zero-order chi connectivity index (χ0) is 21.3. The zero-order valence-electron chi connectivity index (χ0n) is 17.7. The van der Waals surface area contributed by atoms with E-state index in [-0.39, 0.29) is 42.2 Å². The number of halogens is 3. The molecule has 31 heavy (non-hydrogen) atoms. The maximum atomic E-state index is 13.1. The molecule has 0 bridgehead atoms. The van der Waals surface area contributed by atoms with E-state index in [0.29, 0.717) is 17.6 Å². The van der Waals surface area contributed by atoms with E-state index < -0.39 is 6.10 Å². The largest absolute Gasteiger partial charge is 0.386 e. The van der Waals surface area contributed by atoms with Crippen LogP contribution in [0.3, 0.4) is 0 Å². The molecule has 0 spiro atoms. The summed E-state index contributed by atoms with van der Waals surface area (Å²) in [4.78, 5) is 6.87. The number of hydrogen-bond donors (Lipinski definition) is 3. The van der Waals surface area contributed by atoms with Gasteiger partial charge in [-0.3, -0.25) is 9.89 Å². The van der Waals surface area contributed by atoms with Gasteiger partial charge in [-0.1, -0.05) is 24.3 Å². The minimum atomic E-state index is -0.779. The Hall–Kier alpha value is -1.78. The van der Waals surface area contributed by atoms with Crippen LogP contribution in [0.15, 0.2) is 53.5 Å². The van der Waals surface area contributed by atoms with Crippen molar-refractivity contribution in [2.75, 3.05) is 26.2 Å². The number of piperidine rings is 1. The molecule has 170 valence electrons. The first-order chi connectivity index (χ1) is 14.5. The predicted molar refractivity (Wildman–Crippen MR) is 131 cm³/mol. The molecule has 2 aromatic carbocycles. The van der Waals surface area contributed by atoms with Crippen LogP contribution in [-0.2, 0) is 6.54 Å². The molecule has 1 aliphatic rings. The number of benzene rings is 2. The minimum absolute atomic E-state index is 0. The average Bonchev–Trinajstić information content (AvgIpc) is 2.75. The average molecular weight is 544 g/mol. The third-order valence-corrected chi connectivity index (χ3v) is 5.27. The number of likely N-dealkylation sites (tertiary alicyclic amines) is 1. The van der Waals surface area contributed by atoms with Gasteiger partial charge >= 0.3 is 0 Å². The van der Waals surface area contributed by atoms with Gasteiger partial charge in [0.1, 0.15) is 11.6 Å². The van der Waals surface area contributed by atoms with E-state index in [2.05, 4.69) is 20.5 Å². The van der Waals surface area contributed by atoms with Crippen LogP contribution in [0.4, 0.5) is 8.78 Å². The van der Waals surface area contributed by atoms with Gasteiger partial charge in [0.2, 0.25) is 0 Å². The summed E-state index contributed by atoms with van der Waals surface area (Å²) < 4.78 is 26.1. The zero-order valence-corrected chi connectivity index (χ0v) is 20.1. The van der Waals surface area contributed by atoms with Crippen molar-refractivity contribution < 1.29 is 13.9 Å². The van der Waals surface area contributed by atoms with Gasteiger partial charge in [0.15, 0.2) is 5.96 Å². The maximum absolute atomic E-state index is 13.1. The molecule has 1 unspecified atom stereocenters. The molecule has 1 saturated heterocycles. The Balaban J connectivity index is 0.00000341. The lowest BCUT2D eigenvalue weighted by atomic mass is 10.0. The molecular weight excluding hydrogens is 513 g/mol. The second-order valence-corrected chi connectivity index (χ2v) is 7.61. The monoisotopic (exact) mass is 544 g/mol. The summed E-state index contributed by atoms with van der Waals surface area (Å²) in [6, 6.07) is 12.8. The highest BCUT2D eigenvalue weighted by atomic mass is 127. The summed E-state index contributed by atoms with van der Waals surface area (Å²) in [5, 5.41) is 17.0. The quantitative estimate of drug-likeness (QED) is 0.282. The molecule has 0 aliphatic carbocycles. The van der Waals surface area contributed by atoms with Crippen molar-refractivity contribution in [1.29, 1.82) is 0 Å². The van der Waals surface area contributed by atoms with E-state index in [1.54, 1.807) is 12.1 Å². The van der Waals surface area contributed by atoms with E-state index in [1.807, 2.05) is 19.1 Å². The Labute approximate surface area is 200 Å². The van der Waals surface area contributed by atoms with E-state index in [4.69, 9.17) is 0 Å². The van der Waals surface area contributed by atoms with Crippen LogP contribution < -0.4 is 10.6 Å². The lowest BCUT2D eigenvalue weighted by Crippen LogP contribution is -2.48. The number of aliphatic imine (C=N–C) groups is 1. The van der Waals surface area contributed by atoms with Crippen molar-refractivity contribution in [3.8, 4) is 0 Å². The van der Waals surface area contributed by atoms with Crippen LogP contribution in [0.2, 0.25) is 0 Å². The molecule has 1 heterocycles. The van der Waals surface area contributed by atoms with Gasteiger partial charge in [0.25, 0.3) is 0 Å². The lowest BCUT2D eigenvalue weighted by Gasteiger charge is -2.33. The Morgan fingerprint density at radius 2 is 1.65 bits per heavy atom. The summed E-state index contributed by atoms with van der Waals surface area (Å²) in [7, 11) is 0. The van der Waals surface area contributed by atoms with Crippen LogP contribution >= 0.6 is 24.0 Å². The first kappa shape index (κ1) is 25.5. The molecule has 1 fully saturated rings. The highest BCUT2D eigenvalue weighted by Crippen LogP contribution is 2.15. The van der Waals surface area contributed by atoms with Crippen molar-refractivity contribution in [1.82, 2.24) is 15.5 Å². The van der Waals surface area contributed by atoms with Gasteiger partial charge in [0, 0.05) is 32.2 Å². The molecule has 0 aromatic heterocycles. The fraction of sp³-hybridized carbons (Fsp3) is 0.435. The van der Waals surface area contributed by atoms with E-state index in [0.717, 1.165) is 44.6 Å². The Bertz CT molecular complexity index is 809. The van der Waals surface area contributed by atoms with Crippen molar-refractivity contribution in [3.05, 3.63) is 71.3 Å². The van der Waals surface area contributed by atoms with Crippen LogP contribution in [0, 0.1) is 11.6 Å². The summed E-state index contributed by atoms with van der Waals surface area (Å²) in [5.74, 6) is 0.146. The third-order valence-electron chi connectivity index (χ3n) is 5.27. The van der Waals surface area contributed by atoms with Crippen LogP contribution in [0.5, 0.6) is 0 Å². The number of hydrogen-bond acceptors (Lipinski definition) is 3. The molecule has 0 amide bonds. The second-order valence-electron chi connectivity index (χ2n) is 7.61. The maximum Gasteiger partial charge on any atom is 0.191 e. The van der Waals surface area contributed by atoms with Gasteiger partial charge in [-0.25, -0.2) is 8.78 Å². The topological polar surface area (TPSA) is 59.9 Å². The fourth-order valence-corrected chi connectivity index (χ4v) is 3.56. The Morgan fingerprint density at radius 3 is 2.23 bits per heavy atom. The lowest BCUT2D eigenvalue weighted by molar-refractivity contribution is 0.186. The van der Waals surface area contributed by atoms with Gasteiger partial charge in [-0.05, 0) is 55.2 Å². The van der Waals surface area contributed by atoms with E-state index in [9.17, 15) is 13.9 Å². The number of nitrogens with one attached hydrogen (secondary N) is 2. The van der Waals surface area contributed by atoms with Crippen molar-refractivity contribution >= 4 is 29.9 Å². The minimum Gasteiger partial charge on any atom is -0.386 e. The summed E-state index contributed by atoms with van der Waals surface area (Å²) >= 11 is 0. The molecule has 1 aliphatic heterocycles. The molecule has 3 N–H and O–H groups in total. The van der Waals surface area contributed by atoms with Gasteiger partial charge in [0.05, 0.1) is 12.6 Å². The van der Waals surface area contributed by atoms with Crippen LogP contribution in [-0.4, -0.2) is 48.2 Å². The third kappa shape index (κ3) is 8.34. The second kappa shape index (κ2) is 12.9. The summed E-state index contributed by atoms with van der Waals surface area (Å²) in [5.41, 5.74) is 1.76. The predicted octanol–water partition coefficient (Wildman–Crippen LogP) is 3.84. The van der Waals surface area contributed by atoms with Crippen molar-refractivity contribution in [3.63, 3.8) is 0 Å². The van der Waals surface area contributed by atoms with Gasteiger partial charge in [-0.15, -0.1) is 24.0 Å². The SMILES string of the molecule is CCNC(=NCC(O)c1ccc(F)cc1)NC1CCN(Cc2ccc(F)cc2)CC1.I. The molecule has 3 rings (SSSR count). The van der Waals surface area contributed by atoms with Gasteiger partial charge in [-0.2, -0.15) is 0 Å². The van der Waals surface area contributed by atoms with Gasteiger partial charge < -0.3 is 15.7 Å². The normalized spacial score (nSPS) is 16.5. The number of aliphatic hydroxyl groups is 1. The summed E-state index contributed by atoms with van der Waals surface area (Å²) in [6.07, 6.45) is 1.18. The van der Waals surface area contributed by atoms with E-state index in [1.165, 1.54) is 24.3 Å². The number of nitrogens with zero attached hydrogens (tertiary/aromatic N) is 2. The molecule has 0 radical (unpaired) electrons. The first-order valence-corrected chi connectivity index (χ1v) is 10.5. The molecule has 8 heteroatoms. The van der Waals surface area contributed by atoms with Crippen LogP contribution in [0.1, 0.15) is 37.0 Å². The Morgan fingerprint density at radius 1 is 1.06 bits per heavy atom. The van der Waals surface area contributed by atoms with Crippen molar-refractivity contribution in [2.24, 2.45) is 4.99 Å². The summed E-state index contributed by atoms with van der Waals surface area (Å²) in [6.45, 7) is 5.65. The van der Waals surface area contributed by atoms with Crippen molar-refractivity contribution in [2.45, 2.75) is 38.5 Å². The molecule has 0 saturated carbocycles. The smallest absolute Gasteiger partial charge is 0.191 e. The standard InChI is InChI=1S/C23H30F2N4O.HI/c1-2-26-23(27-15-22(30)18-5-9-20(25)10-6-18)28-21-11-13-29(14-12-21)16-17-3-7-19(24)8-4-17;/h3-10,21-22,30H,2,11-16H2,1H3,(H2,26,27,28);1H. The highest BCUT2D eigenvalue weighted by molar-refractivity contribution is 14.0. The number of aliphatic hydroxyl groups excluding tert-OH is 1. The molecule has 2 aromatic rings. The Kier molecular flexibility index (Phi) is 10.6. The molecule has 5 nitrogen and oxygen atoms in total.